The van der Waals surface area contributed by atoms with Crippen molar-refractivity contribution in [2.45, 2.75) is 38.3 Å². The molecule has 1 heteroatoms. The predicted octanol–water partition coefficient (Wildman–Crippen LogP) is 5.73. The van der Waals surface area contributed by atoms with Gasteiger partial charge < -0.3 is 0 Å². The highest BCUT2D eigenvalue weighted by atomic mass is 15.2. The Morgan fingerprint density at radius 1 is 0.704 bits per heavy atom. The maximum Gasteiger partial charge on any atom is 0.0237 e. The van der Waals surface area contributed by atoms with E-state index in [2.05, 4.69) is 83.8 Å². The minimum atomic E-state index is 0.683. The highest BCUT2D eigenvalue weighted by molar-refractivity contribution is 5.63. The average Bonchev–Trinajstić information content (AvgIpc) is 2.70. The maximum absolute atomic E-state index is 2.76. The normalized spacial score (nSPS) is 22.1. The molecule has 2 aliphatic heterocycles. The van der Waals surface area contributed by atoms with Gasteiger partial charge in [0, 0.05) is 19.1 Å². The molecule has 136 valence electrons. The van der Waals surface area contributed by atoms with Crippen LogP contribution in [0.1, 0.15) is 29.5 Å². The van der Waals surface area contributed by atoms with Crippen molar-refractivity contribution in [3.63, 3.8) is 0 Å². The zero-order valence-corrected chi connectivity index (χ0v) is 15.9. The molecule has 2 heterocycles. The second-order valence-corrected chi connectivity index (χ2v) is 8.27. The van der Waals surface area contributed by atoms with Crippen molar-refractivity contribution < 1.29 is 0 Å². The van der Waals surface area contributed by atoms with Gasteiger partial charge in [0.1, 0.15) is 0 Å². The van der Waals surface area contributed by atoms with E-state index in [0.29, 0.717) is 6.04 Å². The summed E-state index contributed by atoms with van der Waals surface area (Å²) in [6.45, 7) is 2.32. The van der Waals surface area contributed by atoms with Crippen LogP contribution in [0, 0.1) is 5.92 Å². The number of hydrogen-bond donors (Lipinski definition) is 0. The quantitative estimate of drug-likeness (QED) is 0.581. The molecule has 1 saturated heterocycles. The van der Waals surface area contributed by atoms with Crippen molar-refractivity contribution in [1.82, 2.24) is 4.90 Å². The summed E-state index contributed by atoms with van der Waals surface area (Å²) in [5.74, 6) is 0.806. The molecule has 1 fully saturated rings. The molecular weight excluding hydrogens is 326 g/mol. The van der Waals surface area contributed by atoms with Crippen molar-refractivity contribution in [3.8, 4) is 11.1 Å². The van der Waals surface area contributed by atoms with Crippen LogP contribution in [0.25, 0.3) is 11.1 Å². The van der Waals surface area contributed by atoms with E-state index in [9.17, 15) is 0 Å². The molecule has 0 radical (unpaired) electrons. The lowest BCUT2D eigenvalue weighted by atomic mass is 9.80. The maximum atomic E-state index is 2.76. The van der Waals surface area contributed by atoms with Gasteiger partial charge in [0.25, 0.3) is 0 Å². The van der Waals surface area contributed by atoms with E-state index in [1.54, 1.807) is 11.1 Å². The molecule has 3 aromatic carbocycles. The highest BCUT2D eigenvalue weighted by Gasteiger charge is 2.31. The van der Waals surface area contributed by atoms with Gasteiger partial charge >= 0.3 is 0 Å². The molecule has 6 rings (SSSR count). The molecule has 0 spiro atoms. The zero-order valence-electron chi connectivity index (χ0n) is 15.9. The zero-order chi connectivity index (χ0) is 18.1. The lowest BCUT2D eigenvalue weighted by molar-refractivity contribution is 0.0938. The monoisotopic (exact) mass is 353 g/mol. The molecule has 2 bridgehead atoms. The third-order valence-electron chi connectivity index (χ3n) is 6.42. The first-order valence-corrected chi connectivity index (χ1v) is 10.3. The van der Waals surface area contributed by atoms with E-state index >= 15 is 0 Å². The lowest BCUT2D eigenvalue weighted by Crippen LogP contribution is -2.46. The van der Waals surface area contributed by atoms with Gasteiger partial charge in [-0.3, -0.25) is 4.90 Å². The molecule has 3 aromatic rings. The Hall–Kier alpha value is -2.38. The van der Waals surface area contributed by atoms with Gasteiger partial charge in [-0.25, -0.2) is 0 Å². The SMILES string of the molecule is c1ccc(-c2cccc(CN3C[C@@H]4CC[C@@H]3Cc3ccccc3C4)c2)cc1. The number of hydrogen-bond acceptors (Lipinski definition) is 1. The van der Waals surface area contributed by atoms with E-state index < -0.39 is 0 Å². The molecule has 27 heavy (non-hydrogen) atoms. The van der Waals surface area contributed by atoms with E-state index in [0.717, 1.165) is 12.5 Å². The van der Waals surface area contributed by atoms with E-state index in [-0.39, 0.29) is 0 Å². The topological polar surface area (TPSA) is 3.24 Å². The van der Waals surface area contributed by atoms with Crippen molar-refractivity contribution in [1.29, 1.82) is 0 Å². The number of nitrogens with zero attached hydrogens (tertiary/aromatic N) is 1. The van der Waals surface area contributed by atoms with Gasteiger partial charge in [0.2, 0.25) is 0 Å². The van der Waals surface area contributed by atoms with Crippen LogP contribution in [0.15, 0.2) is 78.9 Å². The number of rotatable bonds is 3. The molecule has 0 amide bonds. The van der Waals surface area contributed by atoms with Gasteiger partial charge in [0.15, 0.2) is 0 Å². The first kappa shape index (κ1) is 16.8. The number of fused-ring (bicyclic) bond motifs is 2. The summed E-state index contributed by atoms with van der Waals surface area (Å²) in [6.07, 6.45) is 5.20. The van der Waals surface area contributed by atoms with Crippen LogP contribution >= 0.6 is 0 Å². The molecule has 0 unspecified atom stereocenters. The summed E-state index contributed by atoms with van der Waals surface area (Å²) in [5, 5.41) is 0. The van der Waals surface area contributed by atoms with Gasteiger partial charge in [-0.05, 0) is 65.5 Å². The molecule has 1 nitrogen and oxygen atoms in total. The third kappa shape index (κ3) is 3.57. The Morgan fingerprint density at radius 2 is 1.44 bits per heavy atom. The second-order valence-electron chi connectivity index (χ2n) is 8.27. The van der Waals surface area contributed by atoms with Crippen molar-refractivity contribution in [3.05, 3.63) is 95.6 Å². The third-order valence-corrected chi connectivity index (χ3v) is 6.42. The Labute approximate surface area is 162 Å². The first-order chi connectivity index (χ1) is 13.3. The predicted molar refractivity (Wildman–Crippen MR) is 113 cm³/mol. The van der Waals surface area contributed by atoms with Crippen LogP contribution in [-0.4, -0.2) is 17.5 Å². The molecule has 1 aliphatic carbocycles. The van der Waals surface area contributed by atoms with Crippen LogP contribution in [0.4, 0.5) is 0 Å². The Balaban J connectivity index is 1.39. The van der Waals surface area contributed by atoms with Crippen LogP contribution in [0.3, 0.4) is 0 Å². The molecule has 0 saturated carbocycles. The van der Waals surface area contributed by atoms with Gasteiger partial charge in [0.05, 0.1) is 0 Å². The van der Waals surface area contributed by atoms with Gasteiger partial charge in [-0.15, -0.1) is 0 Å². The summed E-state index contributed by atoms with van der Waals surface area (Å²) < 4.78 is 0. The van der Waals surface area contributed by atoms with Gasteiger partial charge in [-0.1, -0.05) is 72.8 Å². The van der Waals surface area contributed by atoms with Crippen LogP contribution in [0.5, 0.6) is 0 Å². The fourth-order valence-corrected chi connectivity index (χ4v) is 5.01. The molecule has 0 N–H and O–H groups in total. The van der Waals surface area contributed by atoms with Crippen LogP contribution in [0.2, 0.25) is 0 Å². The van der Waals surface area contributed by atoms with E-state index in [1.807, 2.05) is 0 Å². The lowest BCUT2D eigenvalue weighted by Gasteiger charge is -2.42. The van der Waals surface area contributed by atoms with Crippen LogP contribution in [-0.2, 0) is 19.4 Å². The minimum Gasteiger partial charge on any atom is -0.296 e. The smallest absolute Gasteiger partial charge is 0.0237 e. The first-order valence-electron chi connectivity index (χ1n) is 10.3. The fraction of sp³-hybridized carbons (Fsp3) is 0.308. The number of piperidine rings is 1. The summed E-state index contributed by atoms with van der Waals surface area (Å²) in [6, 6.07) is 29.7. The highest BCUT2D eigenvalue weighted by Crippen LogP contribution is 2.33. The van der Waals surface area contributed by atoms with Crippen molar-refractivity contribution in [2.24, 2.45) is 5.92 Å². The fourth-order valence-electron chi connectivity index (χ4n) is 5.01. The molecule has 2 atom stereocenters. The minimum absolute atomic E-state index is 0.683. The van der Waals surface area contributed by atoms with Crippen molar-refractivity contribution in [2.75, 3.05) is 6.54 Å². The molecule has 3 aliphatic rings. The standard InChI is InChI=1S/C26H27N/c1-2-8-22(9-3-1)23-12-6-7-20(15-23)18-27-19-21-13-14-26(27)17-25-11-5-4-10-24(25)16-21/h1-12,15,21,26H,13-14,16-19H2/t21-,26-/m1/s1. The summed E-state index contributed by atoms with van der Waals surface area (Å²) in [5.41, 5.74) is 7.25. The van der Waals surface area contributed by atoms with Crippen molar-refractivity contribution >= 4 is 0 Å². The summed E-state index contributed by atoms with van der Waals surface area (Å²) >= 11 is 0. The largest absolute Gasteiger partial charge is 0.296 e. The van der Waals surface area contributed by atoms with Crippen LogP contribution < -0.4 is 0 Å². The Kier molecular flexibility index (Phi) is 4.55. The Morgan fingerprint density at radius 3 is 2.30 bits per heavy atom. The average molecular weight is 354 g/mol. The number of benzene rings is 3. The Bertz CT molecular complexity index is 914. The molecule has 0 aromatic heterocycles. The van der Waals surface area contributed by atoms with E-state index in [1.165, 1.54) is 48.9 Å². The second kappa shape index (κ2) is 7.32. The van der Waals surface area contributed by atoms with E-state index in [4.69, 9.17) is 0 Å². The molecular formula is C26H27N. The summed E-state index contributed by atoms with van der Waals surface area (Å²) in [7, 11) is 0. The van der Waals surface area contributed by atoms with Gasteiger partial charge in [-0.2, -0.15) is 0 Å². The summed E-state index contributed by atoms with van der Waals surface area (Å²) in [4.78, 5) is 2.76.